The topological polar surface area (TPSA) is 38.9 Å². The Morgan fingerprint density at radius 1 is 1.46 bits per heavy atom. The molecule has 74 valence electrons. The summed E-state index contributed by atoms with van der Waals surface area (Å²) in [6, 6.07) is 0. The van der Waals surface area contributed by atoms with E-state index >= 15 is 0 Å². The van der Waals surface area contributed by atoms with Crippen LogP contribution in [-0.2, 0) is 11.8 Å². The highest BCUT2D eigenvalue weighted by atomic mass is 32.1. The summed E-state index contributed by atoms with van der Waals surface area (Å²) in [5, 5.41) is 1.22. The molecule has 2 nitrogen and oxygen atoms in total. The third-order valence-electron chi connectivity index (χ3n) is 2.29. The van der Waals surface area contributed by atoms with E-state index in [1.807, 2.05) is 0 Å². The molecule has 0 aliphatic rings. The Balaban J connectivity index is 3.07. The standard InChI is InChI=1S/C10H18N2S/c1-5-8-12-9(7(2)13-8)10(3,4)6-11/h5-6,11H2,1-4H3. The van der Waals surface area contributed by atoms with Gasteiger partial charge in [-0.25, -0.2) is 4.98 Å². The van der Waals surface area contributed by atoms with Gasteiger partial charge < -0.3 is 5.73 Å². The first-order valence-corrected chi connectivity index (χ1v) is 5.49. The zero-order valence-electron chi connectivity index (χ0n) is 8.85. The molecule has 1 heterocycles. The van der Waals surface area contributed by atoms with Crippen molar-refractivity contribution in [3.05, 3.63) is 15.6 Å². The molecule has 0 spiro atoms. The van der Waals surface area contributed by atoms with Crippen LogP contribution in [0.2, 0.25) is 0 Å². The van der Waals surface area contributed by atoms with E-state index in [0.717, 1.165) is 6.42 Å². The van der Waals surface area contributed by atoms with Crippen molar-refractivity contribution in [1.29, 1.82) is 0 Å². The van der Waals surface area contributed by atoms with Gasteiger partial charge in [-0.3, -0.25) is 0 Å². The summed E-state index contributed by atoms with van der Waals surface area (Å²) in [6.07, 6.45) is 1.02. The number of rotatable bonds is 3. The van der Waals surface area contributed by atoms with E-state index in [0.29, 0.717) is 6.54 Å². The van der Waals surface area contributed by atoms with Crippen molar-refractivity contribution in [2.45, 2.75) is 39.5 Å². The van der Waals surface area contributed by atoms with Crippen LogP contribution in [0.4, 0.5) is 0 Å². The van der Waals surface area contributed by atoms with Crippen LogP contribution in [0.5, 0.6) is 0 Å². The largest absolute Gasteiger partial charge is 0.330 e. The predicted molar refractivity (Wildman–Crippen MR) is 58.3 cm³/mol. The normalized spacial score (nSPS) is 12.1. The molecule has 0 unspecified atom stereocenters. The zero-order valence-corrected chi connectivity index (χ0v) is 9.66. The molecule has 0 aliphatic carbocycles. The molecule has 0 aliphatic heterocycles. The first-order chi connectivity index (χ1) is 6.01. The molecule has 0 saturated heterocycles. The molecular formula is C10H18N2S. The Kier molecular flexibility index (Phi) is 3.09. The van der Waals surface area contributed by atoms with E-state index in [9.17, 15) is 0 Å². The first kappa shape index (κ1) is 10.7. The van der Waals surface area contributed by atoms with Crippen molar-refractivity contribution < 1.29 is 0 Å². The molecule has 2 N–H and O–H groups in total. The average Bonchev–Trinajstić information content (AvgIpc) is 2.47. The Hall–Kier alpha value is -0.410. The van der Waals surface area contributed by atoms with E-state index in [1.54, 1.807) is 11.3 Å². The molecule has 1 aromatic rings. The van der Waals surface area contributed by atoms with Gasteiger partial charge in [-0.1, -0.05) is 20.8 Å². The van der Waals surface area contributed by atoms with Gasteiger partial charge in [-0.05, 0) is 13.3 Å². The van der Waals surface area contributed by atoms with Crippen LogP contribution in [0.15, 0.2) is 0 Å². The molecule has 0 fully saturated rings. The fourth-order valence-corrected chi connectivity index (χ4v) is 2.38. The molecule has 3 heteroatoms. The van der Waals surface area contributed by atoms with Crippen LogP contribution in [0.3, 0.4) is 0 Å². The Morgan fingerprint density at radius 3 is 2.46 bits per heavy atom. The summed E-state index contributed by atoms with van der Waals surface area (Å²) in [5.74, 6) is 0. The van der Waals surface area contributed by atoms with Crippen LogP contribution >= 0.6 is 11.3 Å². The van der Waals surface area contributed by atoms with Gasteiger partial charge in [0.05, 0.1) is 10.7 Å². The molecular weight excluding hydrogens is 180 g/mol. The molecule has 0 atom stereocenters. The molecule has 13 heavy (non-hydrogen) atoms. The Labute approximate surface area is 84.2 Å². The fraction of sp³-hybridized carbons (Fsp3) is 0.700. The molecule has 1 aromatic heterocycles. The number of aromatic nitrogens is 1. The second-order valence-electron chi connectivity index (χ2n) is 3.95. The van der Waals surface area contributed by atoms with Crippen LogP contribution in [0.1, 0.15) is 36.3 Å². The summed E-state index contributed by atoms with van der Waals surface area (Å²) in [7, 11) is 0. The van der Waals surface area contributed by atoms with Gasteiger partial charge in [0.15, 0.2) is 0 Å². The van der Waals surface area contributed by atoms with Crippen LogP contribution in [0.25, 0.3) is 0 Å². The lowest BCUT2D eigenvalue weighted by Gasteiger charge is -2.20. The molecule has 1 rings (SSSR count). The first-order valence-electron chi connectivity index (χ1n) is 4.68. The molecule has 0 bridgehead atoms. The van der Waals surface area contributed by atoms with Gasteiger partial charge in [-0.2, -0.15) is 0 Å². The number of hydrogen-bond donors (Lipinski definition) is 1. The summed E-state index contributed by atoms with van der Waals surface area (Å²) >= 11 is 1.79. The maximum Gasteiger partial charge on any atom is 0.0928 e. The Bertz CT molecular complexity index is 289. The van der Waals surface area contributed by atoms with Crippen molar-refractivity contribution in [2.24, 2.45) is 5.73 Å². The molecule has 0 radical (unpaired) electrons. The molecule has 0 saturated carbocycles. The van der Waals surface area contributed by atoms with Crippen molar-refractivity contribution in [3.63, 3.8) is 0 Å². The van der Waals surface area contributed by atoms with Crippen molar-refractivity contribution >= 4 is 11.3 Å². The summed E-state index contributed by atoms with van der Waals surface area (Å²) in [4.78, 5) is 5.92. The fourth-order valence-electron chi connectivity index (χ4n) is 1.33. The number of aryl methyl sites for hydroxylation is 2. The predicted octanol–water partition coefficient (Wildman–Crippen LogP) is 2.25. The van der Waals surface area contributed by atoms with Crippen molar-refractivity contribution in [1.82, 2.24) is 4.98 Å². The van der Waals surface area contributed by atoms with E-state index in [2.05, 4.69) is 32.7 Å². The number of hydrogen-bond acceptors (Lipinski definition) is 3. The van der Waals surface area contributed by atoms with Crippen LogP contribution in [-0.4, -0.2) is 11.5 Å². The highest BCUT2D eigenvalue weighted by molar-refractivity contribution is 7.11. The minimum Gasteiger partial charge on any atom is -0.330 e. The van der Waals surface area contributed by atoms with E-state index in [-0.39, 0.29) is 5.41 Å². The SMILES string of the molecule is CCc1nc(C(C)(C)CN)c(C)s1. The Morgan fingerprint density at radius 2 is 2.08 bits per heavy atom. The quantitative estimate of drug-likeness (QED) is 0.809. The van der Waals surface area contributed by atoms with Gasteiger partial charge >= 0.3 is 0 Å². The lowest BCUT2D eigenvalue weighted by atomic mass is 9.89. The summed E-state index contributed by atoms with van der Waals surface area (Å²) in [6.45, 7) is 9.21. The van der Waals surface area contributed by atoms with E-state index < -0.39 is 0 Å². The number of nitrogens with two attached hydrogens (primary N) is 1. The molecule has 0 amide bonds. The summed E-state index contributed by atoms with van der Waals surface area (Å²) < 4.78 is 0. The maximum absolute atomic E-state index is 5.72. The minimum atomic E-state index is 0.0218. The van der Waals surface area contributed by atoms with Gasteiger partial charge in [-0.15, -0.1) is 11.3 Å². The van der Waals surface area contributed by atoms with Crippen molar-refractivity contribution in [2.75, 3.05) is 6.54 Å². The van der Waals surface area contributed by atoms with E-state index in [4.69, 9.17) is 5.73 Å². The second kappa shape index (κ2) is 3.76. The monoisotopic (exact) mass is 198 g/mol. The third-order valence-corrected chi connectivity index (χ3v) is 3.41. The van der Waals surface area contributed by atoms with Crippen molar-refractivity contribution in [3.8, 4) is 0 Å². The van der Waals surface area contributed by atoms with Crippen LogP contribution < -0.4 is 5.73 Å². The second-order valence-corrected chi connectivity index (χ2v) is 5.24. The number of thiazole rings is 1. The average molecular weight is 198 g/mol. The van der Waals surface area contributed by atoms with Gasteiger partial charge in [0.1, 0.15) is 0 Å². The minimum absolute atomic E-state index is 0.0218. The maximum atomic E-state index is 5.72. The van der Waals surface area contributed by atoms with Crippen LogP contribution in [0, 0.1) is 6.92 Å². The lowest BCUT2D eigenvalue weighted by molar-refractivity contribution is 0.520. The highest BCUT2D eigenvalue weighted by Gasteiger charge is 2.24. The van der Waals surface area contributed by atoms with Gasteiger partial charge in [0.2, 0.25) is 0 Å². The molecule has 0 aromatic carbocycles. The van der Waals surface area contributed by atoms with Gasteiger partial charge in [0.25, 0.3) is 0 Å². The van der Waals surface area contributed by atoms with E-state index in [1.165, 1.54) is 15.6 Å². The summed E-state index contributed by atoms with van der Waals surface area (Å²) in [5.41, 5.74) is 6.92. The third kappa shape index (κ3) is 2.09. The lowest BCUT2D eigenvalue weighted by Crippen LogP contribution is -2.29. The zero-order chi connectivity index (χ0) is 10.1. The smallest absolute Gasteiger partial charge is 0.0928 e. The number of nitrogens with zero attached hydrogens (tertiary/aromatic N) is 1. The van der Waals surface area contributed by atoms with Gasteiger partial charge in [0, 0.05) is 16.8 Å². The highest BCUT2D eigenvalue weighted by Crippen LogP contribution is 2.28.